The first-order valence-electron chi connectivity index (χ1n) is 10.6. The molecular weight excluding hydrogens is 394 g/mol. The summed E-state index contributed by atoms with van der Waals surface area (Å²) in [5.74, 6) is 0.577. The molecule has 0 spiro atoms. The maximum absolute atomic E-state index is 12.1. The molecule has 6 heteroatoms. The smallest absolute Gasteiger partial charge is 0.410 e. The monoisotopic (exact) mass is 425 g/mol. The van der Waals surface area contributed by atoms with Crippen LogP contribution in [0.3, 0.4) is 0 Å². The number of rotatable bonds is 7. The van der Waals surface area contributed by atoms with Gasteiger partial charge in [0.2, 0.25) is 0 Å². The molecule has 31 heavy (non-hydrogen) atoms. The van der Waals surface area contributed by atoms with E-state index >= 15 is 0 Å². The first-order valence-corrected chi connectivity index (χ1v) is 10.6. The normalized spacial score (nSPS) is 15.0. The van der Waals surface area contributed by atoms with Crippen molar-refractivity contribution >= 4 is 12.1 Å². The van der Waals surface area contributed by atoms with Gasteiger partial charge in [0, 0.05) is 0 Å². The van der Waals surface area contributed by atoms with Crippen molar-refractivity contribution in [3.8, 4) is 5.75 Å². The Morgan fingerprint density at radius 1 is 1.03 bits per heavy atom. The number of carbonyl (C=O) groups is 2. The second-order valence-electron chi connectivity index (χ2n) is 8.95. The van der Waals surface area contributed by atoms with Crippen molar-refractivity contribution in [2.75, 3.05) is 13.1 Å². The maximum atomic E-state index is 12.1. The van der Waals surface area contributed by atoms with Crippen molar-refractivity contribution in [2.24, 2.45) is 0 Å². The number of likely N-dealkylation sites (tertiary alicyclic amines) is 1. The number of carbonyl (C=O) groups excluding carboxylic acids is 2. The predicted octanol–water partition coefficient (Wildman–Crippen LogP) is 4.92. The summed E-state index contributed by atoms with van der Waals surface area (Å²) in [6, 6.07) is 17.4. The van der Waals surface area contributed by atoms with Gasteiger partial charge in [0.1, 0.15) is 24.1 Å². The van der Waals surface area contributed by atoms with Gasteiger partial charge in [-0.15, -0.1) is 0 Å². The molecule has 0 saturated carbocycles. The van der Waals surface area contributed by atoms with Gasteiger partial charge in [-0.3, -0.25) is 4.79 Å². The van der Waals surface area contributed by atoms with E-state index in [-0.39, 0.29) is 24.1 Å². The molecule has 0 unspecified atom stereocenters. The molecule has 166 valence electrons. The molecule has 2 aromatic rings. The Bertz CT molecular complexity index is 867. The van der Waals surface area contributed by atoms with Crippen LogP contribution in [0.4, 0.5) is 4.79 Å². The zero-order valence-electron chi connectivity index (χ0n) is 18.7. The topological polar surface area (TPSA) is 65.1 Å². The molecule has 1 amide bonds. The van der Waals surface area contributed by atoms with Crippen molar-refractivity contribution in [3.05, 3.63) is 65.7 Å². The second-order valence-corrected chi connectivity index (χ2v) is 8.95. The third-order valence-electron chi connectivity index (χ3n) is 4.97. The Morgan fingerprint density at radius 3 is 2.29 bits per heavy atom. The van der Waals surface area contributed by atoms with Crippen LogP contribution in [0.15, 0.2) is 54.6 Å². The molecule has 0 aliphatic carbocycles. The van der Waals surface area contributed by atoms with Gasteiger partial charge in [-0.25, -0.2) is 4.79 Å². The SMILES string of the molecule is C[C@H](CC(=O)OCc1ccccc1)c1ccc(OC2CN(C(=O)OC(C)(C)C)C2)cc1. The summed E-state index contributed by atoms with van der Waals surface area (Å²) < 4.78 is 16.6. The van der Waals surface area contributed by atoms with Crippen LogP contribution in [-0.4, -0.2) is 41.8 Å². The summed E-state index contributed by atoms with van der Waals surface area (Å²) in [5, 5.41) is 0. The molecule has 0 aromatic heterocycles. The Labute approximate surface area is 184 Å². The van der Waals surface area contributed by atoms with Gasteiger partial charge in [-0.05, 0) is 49.9 Å². The van der Waals surface area contributed by atoms with E-state index in [1.54, 1.807) is 4.90 Å². The molecular formula is C25H31NO5. The van der Waals surface area contributed by atoms with Crippen molar-refractivity contribution < 1.29 is 23.8 Å². The molecule has 1 saturated heterocycles. The van der Waals surface area contributed by atoms with E-state index in [1.807, 2.05) is 82.3 Å². The highest BCUT2D eigenvalue weighted by Gasteiger charge is 2.35. The van der Waals surface area contributed by atoms with Crippen molar-refractivity contribution in [3.63, 3.8) is 0 Å². The van der Waals surface area contributed by atoms with E-state index in [1.165, 1.54) is 0 Å². The average molecular weight is 426 g/mol. The van der Waals surface area contributed by atoms with Crippen LogP contribution < -0.4 is 4.74 Å². The van der Waals surface area contributed by atoms with Crippen molar-refractivity contribution in [2.45, 2.75) is 58.3 Å². The van der Waals surface area contributed by atoms with Crippen LogP contribution >= 0.6 is 0 Å². The third kappa shape index (κ3) is 7.02. The summed E-state index contributed by atoms with van der Waals surface area (Å²) in [6.45, 7) is 8.88. The van der Waals surface area contributed by atoms with Crippen molar-refractivity contribution in [1.29, 1.82) is 0 Å². The molecule has 0 radical (unpaired) electrons. The molecule has 0 N–H and O–H groups in total. The average Bonchev–Trinajstić information content (AvgIpc) is 2.68. The van der Waals surface area contributed by atoms with E-state index in [2.05, 4.69) is 0 Å². The second kappa shape index (κ2) is 9.86. The van der Waals surface area contributed by atoms with Gasteiger partial charge < -0.3 is 19.1 Å². The summed E-state index contributed by atoms with van der Waals surface area (Å²) in [4.78, 5) is 25.8. The summed E-state index contributed by atoms with van der Waals surface area (Å²) in [5.41, 5.74) is 1.53. The van der Waals surface area contributed by atoms with Gasteiger partial charge in [-0.1, -0.05) is 49.4 Å². The fourth-order valence-electron chi connectivity index (χ4n) is 3.22. The van der Waals surface area contributed by atoms with Crippen LogP contribution in [-0.2, 0) is 20.9 Å². The van der Waals surface area contributed by atoms with Gasteiger partial charge in [-0.2, -0.15) is 0 Å². The third-order valence-corrected chi connectivity index (χ3v) is 4.97. The number of hydrogen-bond acceptors (Lipinski definition) is 5. The number of ether oxygens (including phenoxy) is 3. The Hall–Kier alpha value is -3.02. The molecule has 1 heterocycles. The lowest BCUT2D eigenvalue weighted by Gasteiger charge is -2.39. The lowest BCUT2D eigenvalue weighted by Crippen LogP contribution is -2.57. The summed E-state index contributed by atoms with van der Waals surface area (Å²) in [7, 11) is 0. The number of hydrogen-bond donors (Lipinski definition) is 0. The highest BCUT2D eigenvalue weighted by molar-refractivity contribution is 5.70. The highest BCUT2D eigenvalue weighted by Crippen LogP contribution is 2.25. The van der Waals surface area contributed by atoms with Crippen LogP contribution in [0.1, 0.15) is 51.2 Å². The molecule has 2 aromatic carbocycles. The Morgan fingerprint density at radius 2 is 1.68 bits per heavy atom. The Balaban J connectivity index is 1.40. The minimum absolute atomic E-state index is 0.0382. The van der Waals surface area contributed by atoms with Gasteiger partial charge in [0.05, 0.1) is 19.5 Å². The van der Waals surface area contributed by atoms with Gasteiger partial charge in [0.15, 0.2) is 0 Å². The molecule has 6 nitrogen and oxygen atoms in total. The number of esters is 1. The highest BCUT2D eigenvalue weighted by atomic mass is 16.6. The molecule has 3 rings (SSSR count). The maximum Gasteiger partial charge on any atom is 0.410 e. The lowest BCUT2D eigenvalue weighted by molar-refractivity contribution is -0.145. The Kier molecular flexibility index (Phi) is 7.21. The summed E-state index contributed by atoms with van der Waals surface area (Å²) >= 11 is 0. The quantitative estimate of drug-likeness (QED) is 0.589. The van der Waals surface area contributed by atoms with Crippen LogP contribution in [0.25, 0.3) is 0 Å². The fraction of sp³-hybridized carbons (Fsp3) is 0.440. The number of nitrogens with zero attached hydrogens (tertiary/aromatic N) is 1. The fourth-order valence-corrected chi connectivity index (χ4v) is 3.22. The molecule has 0 bridgehead atoms. The molecule has 1 aliphatic heterocycles. The van der Waals surface area contributed by atoms with E-state index in [0.717, 1.165) is 16.9 Å². The largest absolute Gasteiger partial charge is 0.487 e. The van der Waals surface area contributed by atoms with Gasteiger partial charge >= 0.3 is 12.1 Å². The molecule has 1 atom stereocenters. The number of benzene rings is 2. The minimum atomic E-state index is -0.497. The van der Waals surface area contributed by atoms with E-state index in [9.17, 15) is 9.59 Å². The predicted molar refractivity (Wildman–Crippen MR) is 118 cm³/mol. The summed E-state index contributed by atoms with van der Waals surface area (Å²) in [6.07, 6.45) is -0.0278. The van der Waals surface area contributed by atoms with E-state index < -0.39 is 5.60 Å². The van der Waals surface area contributed by atoms with Crippen LogP contribution in [0.2, 0.25) is 0 Å². The minimum Gasteiger partial charge on any atom is -0.487 e. The zero-order chi connectivity index (χ0) is 22.4. The van der Waals surface area contributed by atoms with Crippen LogP contribution in [0.5, 0.6) is 5.75 Å². The van der Waals surface area contributed by atoms with Crippen molar-refractivity contribution in [1.82, 2.24) is 4.90 Å². The number of amides is 1. The molecule has 1 fully saturated rings. The standard InChI is InChI=1S/C25H31NO5/c1-18(14-23(27)29-17-19-8-6-5-7-9-19)20-10-12-21(13-11-20)30-22-15-26(16-22)24(28)31-25(2,3)4/h5-13,18,22H,14-17H2,1-4H3/t18-/m1/s1. The van der Waals surface area contributed by atoms with Gasteiger partial charge in [0.25, 0.3) is 0 Å². The van der Waals surface area contributed by atoms with Crippen LogP contribution in [0, 0.1) is 0 Å². The first-order chi connectivity index (χ1) is 14.7. The molecule has 1 aliphatic rings. The first kappa shape index (κ1) is 22.7. The lowest BCUT2D eigenvalue weighted by atomic mass is 9.98. The van der Waals surface area contributed by atoms with E-state index in [0.29, 0.717) is 26.1 Å². The zero-order valence-corrected chi connectivity index (χ0v) is 18.7. The van der Waals surface area contributed by atoms with E-state index in [4.69, 9.17) is 14.2 Å².